The Labute approximate surface area is 99.6 Å². The molecule has 0 aliphatic heterocycles. The van der Waals surface area contributed by atoms with Crippen LogP contribution in [-0.2, 0) is 4.74 Å². The lowest BCUT2D eigenvalue weighted by molar-refractivity contribution is 0.0983. The molecule has 1 N–H and O–H groups in total. The molecule has 4 nitrogen and oxygen atoms in total. The number of nitrogens with zero attached hydrogens (tertiary/aromatic N) is 2. The number of methoxy groups -OCH3 is 1. The van der Waals surface area contributed by atoms with Crippen LogP contribution in [0.5, 0.6) is 0 Å². The standard InChI is InChI=1S/C12H25N3O/c1-6-15(11(2)9-16-5)8-7-12(3,10-13)14-4/h11,14H,6-9H2,1-5H3. The van der Waals surface area contributed by atoms with Crippen LogP contribution >= 0.6 is 0 Å². The Morgan fingerprint density at radius 3 is 2.56 bits per heavy atom. The summed E-state index contributed by atoms with van der Waals surface area (Å²) < 4.78 is 5.15. The van der Waals surface area contributed by atoms with Crippen molar-refractivity contribution < 1.29 is 4.74 Å². The highest BCUT2D eigenvalue weighted by Crippen LogP contribution is 2.10. The number of ether oxygens (including phenoxy) is 1. The van der Waals surface area contributed by atoms with Crippen LogP contribution < -0.4 is 5.32 Å². The maximum Gasteiger partial charge on any atom is 0.104 e. The van der Waals surface area contributed by atoms with Crippen LogP contribution in [0.1, 0.15) is 27.2 Å². The van der Waals surface area contributed by atoms with E-state index in [1.54, 1.807) is 7.11 Å². The van der Waals surface area contributed by atoms with Gasteiger partial charge in [0.1, 0.15) is 5.54 Å². The van der Waals surface area contributed by atoms with E-state index in [4.69, 9.17) is 10.00 Å². The van der Waals surface area contributed by atoms with Crippen LogP contribution in [0.4, 0.5) is 0 Å². The summed E-state index contributed by atoms with van der Waals surface area (Å²) in [5, 5.41) is 12.1. The molecule has 0 saturated carbocycles. The molecule has 0 heterocycles. The van der Waals surface area contributed by atoms with Gasteiger partial charge in [0.2, 0.25) is 0 Å². The van der Waals surface area contributed by atoms with Gasteiger partial charge in [0.15, 0.2) is 0 Å². The van der Waals surface area contributed by atoms with Crippen LogP contribution in [0.2, 0.25) is 0 Å². The summed E-state index contributed by atoms with van der Waals surface area (Å²) in [6.45, 7) is 8.84. The highest BCUT2D eigenvalue weighted by atomic mass is 16.5. The molecule has 0 aliphatic carbocycles. The van der Waals surface area contributed by atoms with E-state index < -0.39 is 5.54 Å². The highest BCUT2D eigenvalue weighted by molar-refractivity contribution is 5.03. The van der Waals surface area contributed by atoms with E-state index >= 15 is 0 Å². The molecule has 0 aromatic carbocycles. The summed E-state index contributed by atoms with van der Waals surface area (Å²) in [7, 11) is 3.55. The Morgan fingerprint density at radius 2 is 2.19 bits per heavy atom. The Kier molecular flexibility index (Phi) is 7.31. The van der Waals surface area contributed by atoms with Gasteiger partial charge in [-0.25, -0.2) is 0 Å². The van der Waals surface area contributed by atoms with E-state index in [1.165, 1.54) is 0 Å². The van der Waals surface area contributed by atoms with Crippen LogP contribution in [0.25, 0.3) is 0 Å². The third kappa shape index (κ3) is 4.93. The molecule has 2 atom stereocenters. The Hall–Kier alpha value is -0.630. The third-order valence-corrected chi connectivity index (χ3v) is 3.13. The minimum Gasteiger partial charge on any atom is -0.383 e. The topological polar surface area (TPSA) is 48.3 Å². The summed E-state index contributed by atoms with van der Waals surface area (Å²) in [6, 6.07) is 2.71. The van der Waals surface area contributed by atoms with Gasteiger partial charge in [-0.3, -0.25) is 4.90 Å². The van der Waals surface area contributed by atoms with Crippen molar-refractivity contribution in [3.63, 3.8) is 0 Å². The summed E-state index contributed by atoms with van der Waals surface area (Å²) in [4.78, 5) is 2.33. The zero-order chi connectivity index (χ0) is 12.6. The molecule has 0 bridgehead atoms. The van der Waals surface area contributed by atoms with Gasteiger partial charge in [0.25, 0.3) is 0 Å². The average Bonchev–Trinajstić information content (AvgIpc) is 2.30. The minimum absolute atomic E-state index is 0.398. The first-order chi connectivity index (χ1) is 7.52. The van der Waals surface area contributed by atoms with Crippen LogP contribution in [0, 0.1) is 11.3 Å². The molecule has 0 aromatic rings. The lowest BCUT2D eigenvalue weighted by Gasteiger charge is -2.30. The van der Waals surface area contributed by atoms with Gasteiger partial charge in [-0.15, -0.1) is 0 Å². The maximum absolute atomic E-state index is 9.06. The van der Waals surface area contributed by atoms with E-state index in [2.05, 4.69) is 30.1 Å². The molecule has 16 heavy (non-hydrogen) atoms. The largest absolute Gasteiger partial charge is 0.383 e. The second-order valence-electron chi connectivity index (χ2n) is 4.38. The summed E-state index contributed by atoms with van der Waals surface area (Å²) in [6.07, 6.45) is 0.821. The molecule has 0 spiro atoms. The molecule has 0 saturated heterocycles. The van der Waals surface area contributed by atoms with Crippen molar-refractivity contribution in [3.05, 3.63) is 0 Å². The van der Waals surface area contributed by atoms with E-state index in [0.29, 0.717) is 6.04 Å². The van der Waals surface area contributed by atoms with E-state index in [0.717, 1.165) is 26.1 Å². The Morgan fingerprint density at radius 1 is 1.56 bits per heavy atom. The van der Waals surface area contributed by atoms with Crippen molar-refractivity contribution in [1.29, 1.82) is 5.26 Å². The molecule has 0 rings (SSSR count). The molecule has 0 amide bonds. The quantitative estimate of drug-likeness (QED) is 0.677. The summed E-state index contributed by atoms with van der Waals surface area (Å²) >= 11 is 0. The molecule has 0 aromatic heterocycles. The first-order valence-electron chi connectivity index (χ1n) is 5.86. The van der Waals surface area contributed by atoms with Crippen molar-refractivity contribution in [1.82, 2.24) is 10.2 Å². The van der Waals surface area contributed by atoms with Crippen molar-refractivity contribution >= 4 is 0 Å². The van der Waals surface area contributed by atoms with Crippen LogP contribution in [0.3, 0.4) is 0 Å². The van der Waals surface area contributed by atoms with Crippen molar-refractivity contribution in [2.75, 3.05) is 33.9 Å². The zero-order valence-corrected chi connectivity index (χ0v) is 11.2. The number of likely N-dealkylation sites (N-methyl/N-ethyl adjacent to an activating group) is 1. The predicted octanol–water partition coefficient (Wildman–Crippen LogP) is 1.23. The number of hydrogen-bond acceptors (Lipinski definition) is 4. The SMILES string of the molecule is CCN(CCC(C)(C#N)NC)C(C)COC. The van der Waals surface area contributed by atoms with Crippen LogP contribution in [0.15, 0.2) is 0 Å². The fraction of sp³-hybridized carbons (Fsp3) is 0.917. The number of nitrogens with one attached hydrogen (secondary N) is 1. The molecule has 2 unspecified atom stereocenters. The minimum atomic E-state index is -0.430. The molecule has 4 heteroatoms. The first kappa shape index (κ1) is 15.4. The lowest BCUT2D eigenvalue weighted by atomic mass is 9.99. The smallest absolute Gasteiger partial charge is 0.104 e. The van der Waals surface area contributed by atoms with Gasteiger partial charge in [-0.2, -0.15) is 5.26 Å². The summed E-state index contributed by atoms with van der Waals surface area (Å²) in [5.74, 6) is 0. The fourth-order valence-corrected chi connectivity index (χ4v) is 1.64. The molecule has 0 aliphatic rings. The van der Waals surface area contributed by atoms with Crippen LogP contribution in [-0.4, -0.2) is 50.3 Å². The number of nitriles is 1. The summed E-state index contributed by atoms with van der Waals surface area (Å²) in [5.41, 5.74) is -0.430. The van der Waals surface area contributed by atoms with E-state index in [-0.39, 0.29) is 0 Å². The Bertz CT molecular complexity index is 227. The Balaban J connectivity index is 4.19. The number of rotatable bonds is 8. The van der Waals surface area contributed by atoms with Gasteiger partial charge in [-0.05, 0) is 33.9 Å². The van der Waals surface area contributed by atoms with Gasteiger partial charge < -0.3 is 10.1 Å². The average molecular weight is 227 g/mol. The second kappa shape index (κ2) is 7.61. The molecule has 0 fully saturated rings. The van der Waals surface area contributed by atoms with Gasteiger partial charge in [0, 0.05) is 19.7 Å². The first-order valence-corrected chi connectivity index (χ1v) is 5.86. The van der Waals surface area contributed by atoms with Gasteiger partial charge in [0.05, 0.1) is 12.7 Å². The number of hydrogen-bond donors (Lipinski definition) is 1. The highest BCUT2D eigenvalue weighted by Gasteiger charge is 2.23. The molecule has 94 valence electrons. The monoisotopic (exact) mass is 227 g/mol. The van der Waals surface area contributed by atoms with Crippen molar-refractivity contribution in [2.24, 2.45) is 0 Å². The van der Waals surface area contributed by atoms with Crippen molar-refractivity contribution in [2.45, 2.75) is 38.8 Å². The molecule has 0 radical (unpaired) electrons. The van der Waals surface area contributed by atoms with Crippen molar-refractivity contribution in [3.8, 4) is 6.07 Å². The normalized spacial score (nSPS) is 16.8. The van der Waals surface area contributed by atoms with Gasteiger partial charge >= 0.3 is 0 Å². The molecular weight excluding hydrogens is 202 g/mol. The van der Waals surface area contributed by atoms with E-state index in [9.17, 15) is 0 Å². The van der Waals surface area contributed by atoms with Gasteiger partial charge in [-0.1, -0.05) is 6.92 Å². The second-order valence-corrected chi connectivity index (χ2v) is 4.38. The fourth-order valence-electron chi connectivity index (χ4n) is 1.64. The molecular formula is C12H25N3O. The predicted molar refractivity (Wildman–Crippen MR) is 66.3 cm³/mol. The lowest BCUT2D eigenvalue weighted by Crippen LogP contribution is -2.44. The third-order valence-electron chi connectivity index (χ3n) is 3.13. The zero-order valence-electron chi connectivity index (χ0n) is 11.2. The maximum atomic E-state index is 9.06. The van der Waals surface area contributed by atoms with E-state index in [1.807, 2.05) is 14.0 Å².